The van der Waals surface area contributed by atoms with Crippen LogP contribution in [0.25, 0.3) is 0 Å². The maximum atomic E-state index is 5.93. The van der Waals surface area contributed by atoms with E-state index in [0.29, 0.717) is 6.61 Å². The van der Waals surface area contributed by atoms with Gasteiger partial charge in [-0.15, -0.1) is 0 Å². The summed E-state index contributed by atoms with van der Waals surface area (Å²) in [6, 6.07) is 0.119. The van der Waals surface area contributed by atoms with E-state index in [-0.39, 0.29) is 11.6 Å². The molecule has 0 fully saturated rings. The quantitative estimate of drug-likeness (QED) is 0.747. The number of rotatable bonds is 9. The minimum atomic E-state index is -0.263. The summed E-state index contributed by atoms with van der Waals surface area (Å²) < 4.78 is 8.16. The van der Waals surface area contributed by atoms with E-state index < -0.39 is 0 Å². The first kappa shape index (κ1) is 16.2. The molecule has 1 unspecified atom stereocenters. The Kier molecular flexibility index (Phi) is 6.52. The van der Waals surface area contributed by atoms with E-state index in [1.807, 2.05) is 13.1 Å². The molecule has 110 valence electrons. The maximum Gasteiger partial charge on any atom is 0.128 e. The molecule has 1 atom stereocenters. The van der Waals surface area contributed by atoms with Crippen molar-refractivity contribution in [3.05, 3.63) is 18.2 Å². The SMILES string of the molecule is CCCNC(c1nccn1CCC)C(C)(C)OCC. The lowest BCUT2D eigenvalue weighted by atomic mass is 9.97. The van der Waals surface area contributed by atoms with E-state index >= 15 is 0 Å². The lowest BCUT2D eigenvalue weighted by Crippen LogP contribution is -2.43. The van der Waals surface area contributed by atoms with Crippen LogP contribution in [0.15, 0.2) is 12.4 Å². The van der Waals surface area contributed by atoms with E-state index in [0.717, 1.165) is 31.8 Å². The Balaban J connectivity index is 2.97. The standard InChI is InChI=1S/C15H29N3O/c1-6-9-16-13(15(4,5)19-8-3)14-17-10-12-18(14)11-7-2/h10,12-13,16H,6-9,11H2,1-5H3. The fraction of sp³-hybridized carbons (Fsp3) is 0.800. The molecule has 1 aromatic heterocycles. The molecule has 4 nitrogen and oxygen atoms in total. The average molecular weight is 267 g/mol. The van der Waals surface area contributed by atoms with Gasteiger partial charge in [0.2, 0.25) is 0 Å². The third-order valence-electron chi connectivity index (χ3n) is 3.28. The third-order valence-corrected chi connectivity index (χ3v) is 3.28. The van der Waals surface area contributed by atoms with Gasteiger partial charge in [0, 0.05) is 25.5 Å². The van der Waals surface area contributed by atoms with Crippen LogP contribution in [0.5, 0.6) is 0 Å². The monoisotopic (exact) mass is 267 g/mol. The fourth-order valence-corrected chi connectivity index (χ4v) is 2.40. The van der Waals surface area contributed by atoms with Crippen molar-refractivity contribution in [3.8, 4) is 0 Å². The van der Waals surface area contributed by atoms with Crippen LogP contribution >= 0.6 is 0 Å². The first-order valence-electron chi connectivity index (χ1n) is 7.45. The molecular weight excluding hydrogens is 238 g/mol. The minimum absolute atomic E-state index is 0.119. The van der Waals surface area contributed by atoms with Gasteiger partial charge in [0.15, 0.2) is 0 Å². The van der Waals surface area contributed by atoms with Crippen molar-refractivity contribution in [2.24, 2.45) is 0 Å². The predicted molar refractivity (Wildman–Crippen MR) is 79.3 cm³/mol. The number of nitrogens with zero attached hydrogens (tertiary/aromatic N) is 2. The number of aromatic nitrogens is 2. The highest BCUT2D eigenvalue weighted by Gasteiger charge is 2.33. The molecule has 0 aliphatic carbocycles. The normalized spacial score (nSPS) is 13.7. The summed E-state index contributed by atoms with van der Waals surface area (Å²) in [5.74, 6) is 1.08. The lowest BCUT2D eigenvalue weighted by molar-refractivity contribution is -0.0420. The van der Waals surface area contributed by atoms with Crippen LogP contribution in [0.4, 0.5) is 0 Å². The molecule has 19 heavy (non-hydrogen) atoms. The lowest BCUT2D eigenvalue weighted by Gasteiger charge is -2.34. The summed E-state index contributed by atoms with van der Waals surface area (Å²) in [5.41, 5.74) is -0.263. The summed E-state index contributed by atoms with van der Waals surface area (Å²) in [6.07, 6.45) is 6.15. The first-order chi connectivity index (χ1) is 9.06. The molecule has 0 saturated carbocycles. The van der Waals surface area contributed by atoms with Gasteiger partial charge in [0.25, 0.3) is 0 Å². The molecular formula is C15H29N3O. The second kappa shape index (κ2) is 7.65. The van der Waals surface area contributed by atoms with Gasteiger partial charge in [-0.2, -0.15) is 0 Å². The molecule has 1 heterocycles. The molecule has 0 aromatic carbocycles. The minimum Gasteiger partial charge on any atom is -0.374 e. The Labute approximate surface area is 117 Å². The molecule has 0 amide bonds. The van der Waals surface area contributed by atoms with Crippen molar-refractivity contribution in [2.75, 3.05) is 13.2 Å². The smallest absolute Gasteiger partial charge is 0.128 e. The van der Waals surface area contributed by atoms with Gasteiger partial charge >= 0.3 is 0 Å². The van der Waals surface area contributed by atoms with Crippen molar-refractivity contribution in [1.29, 1.82) is 0 Å². The van der Waals surface area contributed by atoms with Gasteiger partial charge in [0.1, 0.15) is 5.82 Å². The Hall–Kier alpha value is -0.870. The topological polar surface area (TPSA) is 39.1 Å². The molecule has 0 saturated heterocycles. The van der Waals surface area contributed by atoms with E-state index in [1.165, 1.54) is 0 Å². The van der Waals surface area contributed by atoms with Gasteiger partial charge in [-0.3, -0.25) is 0 Å². The number of imidazole rings is 1. The molecule has 0 radical (unpaired) electrons. The molecule has 0 bridgehead atoms. The van der Waals surface area contributed by atoms with Crippen LogP contribution < -0.4 is 5.32 Å². The van der Waals surface area contributed by atoms with Crippen LogP contribution in [0.3, 0.4) is 0 Å². The van der Waals surface area contributed by atoms with Gasteiger partial charge < -0.3 is 14.6 Å². The summed E-state index contributed by atoms with van der Waals surface area (Å²) in [5, 5.41) is 3.59. The summed E-state index contributed by atoms with van der Waals surface area (Å²) in [4.78, 5) is 4.56. The third kappa shape index (κ3) is 4.32. The van der Waals surface area contributed by atoms with Crippen molar-refractivity contribution < 1.29 is 4.74 Å². The highest BCUT2D eigenvalue weighted by Crippen LogP contribution is 2.28. The van der Waals surface area contributed by atoms with Crippen molar-refractivity contribution in [2.45, 2.75) is 65.6 Å². The Morgan fingerprint density at radius 2 is 2.05 bits per heavy atom. The van der Waals surface area contributed by atoms with Gasteiger partial charge in [-0.25, -0.2) is 4.98 Å². The van der Waals surface area contributed by atoms with Crippen LogP contribution in [-0.4, -0.2) is 28.3 Å². The molecule has 1 N–H and O–H groups in total. The van der Waals surface area contributed by atoms with Crippen LogP contribution in [-0.2, 0) is 11.3 Å². The number of hydrogen-bond acceptors (Lipinski definition) is 3. The highest BCUT2D eigenvalue weighted by atomic mass is 16.5. The first-order valence-corrected chi connectivity index (χ1v) is 7.45. The molecule has 0 aliphatic rings. The van der Waals surface area contributed by atoms with Crippen LogP contribution in [0.1, 0.15) is 59.3 Å². The van der Waals surface area contributed by atoms with Gasteiger partial charge in [-0.05, 0) is 40.2 Å². The van der Waals surface area contributed by atoms with Crippen LogP contribution in [0.2, 0.25) is 0 Å². The van der Waals surface area contributed by atoms with E-state index in [1.54, 1.807) is 0 Å². The Bertz CT molecular complexity index is 360. The zero-order valence-corrected chi connectivity index (χ0v) is 13.1. The largest absolute Gasteiger partial charge is 0.374 e. The number of aryl methyl sites for hydroxylation is 1. The average Bonchev–Trinajstić information content (AvgIpc) is 2.78. The maximum absolute atomic E-state index is 5.93. The Morgan fingerprint density at radius 1 is 1.32 bits per heavy atom. The van der Waals surface area contributed by atoms with E-state index in [2.05, 4.69) is 48.8 Å². The van der Waals surface area contributed by atoms with Gasteiger partial charge in [-0.1, -0.05) is 13.8 Å². The summed E-state index contributed by atoms with van der Waals surface area (Å²) in [6.45, 7) is 13.4. The summed E-state index contributed by atoms with van der Waals surface area (Å²) in [7, 11) is 0. The highest BCUT2D eigenvalue weighted by molar-refractivity contribution is 5.06. The fourth-order valence-electron chi connectivity index (χ4n) is 2.40. The zero-order valence-electron chi connectivity index (χ0n) is 13.1. The summed E-state index contributed by atoms with van der Waals surface area (Å²) >= 11 is 0. The van der Waals surface area contributed by atoms with E-state index in [9.17, 15) is 0 Å². The van der Waals surface area contributed by atoms with Crippen molar-refractivity contribution >= 4 is 0 Å². The second-order valence-corrected chi connectivity index (χ2v) is 5.40. The van der Waals surface area contributed by atoms with E-state index in [4.69, 9.17) is 4.74 Å². The second-order valence-electron chi connectivity index (χ2n) is 5.40. The van der Waals surface area contributed by atoms with Gasteiger partial charge in [0.05, 0.1) is 11.6 Å². The molecule has 0 aliphatic heterocycles. The molecule has 4 heteroatoms. The zero-order chi connectivity index (χ0) is 14.3. The number of hydrogen-bond donors (Lipinski definition) is 1. The molecule has 0 spiro atoms. The Morgan fingerprint density at radius 3 is 2.63 bits per heavy atom. The predicted octanol–water partition coefficient (Wildman–Crippen LogP) is 3.15. The van der Waals surface area contributed by atoms with Crippen molar-refractivity contribution in [1.82, 2.24) is 14.9 Å². The molecule has 1 aromatic rings. The van der Waals surface area contributed by atoms with Crippen molar-refractivity contribution in [3.63, 3.8) is 0 Å². The number of ether oxygens (including phenoxy) is 1. The number of nitrogens with one attached hydrogen (secondary N) is 1. The van der Waals surface area contributed by atoms with Crippen LogP contribution in [0, 0.1) is 0 Å². The molecule has 1 rings (SSSR count).